The van der Waals surface area contributed by atoms with E-state index in [-0.39, 0.29) is 24.1 Å². The van der Waals surface area contributed by atoms with E-state index in [4.69, 9.17) is 0 Å². The fraction of sp³-hybridized carbons (Fsp3) is 0.167. The van der Waals surface area contributed by atoms with Crippen LogP contribution in [0.3, 0.4) is 0 Å². The average molecular weight is 357 g/mol. The highest BCUT2D eigenvalue weighted by Gasteiger charge is 2.18. The van der Waals surface area contributed by atoms with Crippen LogP contribution < -0.4 is 10.6 Å². The van der Waals surface area contributed by atoms with Crippen LogP contribution in [0.5, 0.6) is 0 Å². The lowest BCUT2D eigenvalue weighted by molar-refractivity contribution is -0.120. The quantitative estimate of drug-likeness (QED) is 0.732. The number of amides is 2. The third-order valence-corrected chi connectivity index (χ3v) is 4.50. The molecule has 7 heteroatoms. The summed E-state index contributed by atoms with van der Waals surface area (Å²) in [7, 11) is 0. The summed E-state index contributed by atoms with van der Waals surface area (Å²) in [5, 5.41) is 5.90. The Morgan fingerprint density at radius 1 is 1.20 bits per heavy atom. The second-order valence-electron chi connectivity index (χ2n) is 5.55. The van der Waals surface area contributed by atoms with E-state index in [1.54, 1.807) is 6.07 Å². The molecule has 2 amide bonds. The molecule has 2 N–H and O–H groups in total. The predicted octanol–water partition coefficient (Wildman–Crippen LogP) is 3.64. The van der Waals surface area contributed by atoms with Crippen LogP contribution in [0.25, 0.3) is 10.2 Å². The van der Waals surface area contributed by atoms with E-state index in [1.165, 1.54) is 30.4 Å². The van der Waals surface area contributed by atoms with Crippen molar-refractivity contribution in [1.82, 2.24) is 10.3 Å². The van der Waals surface area contributed by atoms with E-state index in [9.17, 15) is 14.0 Å². The summed E-state index contributed by atoms with van der Waals surface area (Å²) in [6, 6.07) is 13.1. The molecule has 1 atom stereocenters. The maximum Gasteiger partial charge on any atom is 0.228 e. The van der Waals surface area contributed by atoms with Crippen molar-refractivity contribution in [3.05, 3.63) is 59.9 Å². The van der Waals surface area contributed by atoms with Crippen molar-refractivity contribution >= 4 is 38.5 Å². The number of anilines is 1. The van der Waals surface area contributed by atoms with Crippen molar-refractivity contribution in [2.75, 3.05) is 5.32 Å². The second kappa shape index (κ2) is 7.40. The van der Waals surface area contributed by atoms with Crippen LogP contribution in [-0.4, -0.2) is 16.8 Å². The van der Waals surface area contributed by atoms with Crippen molar-refractivity contribution in [3.63, 3.8) is 0 Å². The number of hydrogen-bond acceptors (Lipinski definition) is 4. The average Bonchev–Trinajstić information content (AvgIpc) is 2.95. The molecule has 0 radical (unpaired) electrons. The molecule has 1 aromatic heterocycles. The third kappa shape index (κ3) is 4.39. The van der Waals surface area contributed by atoms with Crippen LogP contribution in [0.2, 0.25) is 0 Å². The Morgan fingerprint density at radius 3 is 2.68 bits per heavy atom. The molecule has 3 aromatic rings. The molecule has 0 aliphatic rings. The number of halogens is 1. The number of benzene rings is 2. The second-order valence-corrected chi connectivity index (χ2v) is 6.58. The van der Waals surface area contributed by atoms with Gasteiger partial charge in [-0.1, -0.05) is 41.7 Å². The van der Waals surface area contributed by atoms with E-state index in [2.05, 4.69) is 15.6 Å². The minimum Gasteiger partial charge on any atom is -0.349 e. The van der Waals surface area contributed by atoms with Gasteiger partial charge in [0.2, 0.25) is 11.8 Å². The molecule has 1 heterocycles. The topological polar surface area (TPSA) is 71.1 Å². The highest BCUT2D eigenvalue weighted by Crippen LogP contribution is 2.27. The standard InChI is InChI=1S/C18H16FN3O2S/c1-11(23)20-15(12-5-3-2-4-6-12)10-17(24)22-18-21-14-8-7-13(19)9-16(14)25-18/h2-9,15H,10H2,1H3,(H,20,23)(H,21,22,24)/t15-/m1/s1. The first-order valence-corrected chi connectivity index (χ1v) is 8.51. The van der Waals surface area contributed by atoms with Gasteiger partial charge in [-0.2, -0.15) is 0 Å². The normalized spacial score (nSPS) is 11.9. The van der Waals surface area contributed by atoms with E-state index in [0.717, 1.165) is 5.56 Å². The summed E-state index contributed by atoms with van der Waals surface area (Å²) in [6.07, 6.45) is 0.0773. The van der Waals surface area contributed by atoms with Crippen LogP contribution in [0.4, 0.5) is 9.52 Å². The number of thiazole rings is 1. The van der Waals surface area contributed by atoms with Crippen LogP contribution in [0.15, 0.2) is 48.5 Å². The maximum atomic E-state index is 13.2. The van der Waals surface area contributed by atoms with Crippen LogP contribution >= 0.6 is 11.3 Å². The van der Waals surface area contributed by atoms with E-state index >= 15 is 0 Å². The Labute approximate surface area is 147 Å². The molecule has 3 rings (SSSR count). The first kappa shape index (κ1) is 17.0. The number of fused-ring (bicyclic) bond motifs is 1. The minimum absolute atomic E-state index is 0.0773. The van der Waals surface area contributed by atoms with Crippen molar-refractivity contribution in [2.45, 2.75) is 19.4 Å². The molecule has 0 spiro atoms. The molecule has 0 saturated heterocycles. The van der Waals surface area contributed by atoms with Crippen LogP contribution in [0.1, 0.15) is 24.9 Å². The zero-order chi connectivity index (χ0) is 17.8. The van der Waals surface area contributed by atoms with Gasteiger partial charge >= 0.3 is 0 Å². The highest BCUT2D eigenvalue weighted by molar-refractivity contribution is 7.22. The molecule has 25 heavy (non-hydrogen) atoms. The molecule has 5 nitrogen and oxygen atoms in total. The molecule has 0 aliphatic carbocycles. The van der Waals surface area contributed by atoms with Crippen molar-refractivity contribution in [2.24, 2.45) is 0 Å². The molecular weight excluding hydrogens is 341 g/mol. The maximum absolute atomic E-state index is 13.2. The number of carbonyl (C=O) groups excluding carboxylic acids is 2. The molecule has 0 unspecified atom stereocenters. The summed E-state index contributed by atoms with van der Waals surface area (Å²) in [5.74, 6) is -0.830. The zero-order valence-electron chi connectivity index (χ0n) is 13.5. The van der Waals surface area contributed by atoms with Gasteiger partial charge in [0.1, 0.15) is 5.82 Å². The van der Waals surface area contributed by atoms with Gasteiger partial charge in [0.15, 0.2) is 5.13 Å². The molecule has 0 aliphatic heterocycles. The number of nitrogens with one attached hydrogen (secondary N) is 2. The van der Waals surface area contributed by atoms with E-state index < -0.39 is 6.04 Å². The van der Waals surface area contributed by atoms with Gasteiger partial charge in [0.05, 0.1) is 22.7 Å². The Balaban J connectivity index is 1.73. The fourth-order valence-electron chi connectivity index (χ4n) is 2.49. The predicted molar refractivity (Wildman–Crippen MR) is 95.8 cm³/mol. The zero-order valence-corrected chi connectivity index (χ0v) is 14.3. The summed E-state index contributed by atoms with van der Waals surface area (Å²) in [6.45, 7) is 1.41. The molecule has 0 fully saturated rings. The minimum atomic E-state index is -0.425. The van der Waals surface area contributed by atoms with Crippen LogP contribution in [-0.2, 0) is 9.59 Å². The Hall–Kier alpha value is -2.80. The third-order valence-electron chi connectivity index (χ3n) is 3.57. The lowest BCUT2D eigenvalue weighted by Gasteiger charge is -2.17. The number of carbonyl (C=O) groups is 2. The molecule has 0 bridgehead atoms. The van der Waals surface area contributed by atoms with E-state index in [0.29, 0.717) is 15.3 Å². The molecule has 2 aromatic carbocycles. The first-order valence-electron chi connectivity index (χ1n) is 7.69. The summed E-state index contributed by atoms with van der Waals surface area (Å²) in [4.78, 5) is 28.0. The Morgan fingerprint density at radius 2 is 1.96 bits per heavy atom. The van der Waals surface area contributed by atoms with Crippen molar-refractivity contribution in [1.29, 1.82) is 0 Å². The summed E-state index contributed by atoms with van der Waals surface area (Å²) >= 11 is 1.21. The number of aromatic nitrogens is 1. The summed E-state index contributed by atoms with van der Waals surface area (Å²) in [5.41, 5.74) is 1.47. The molecule has 0 saturated carbocycles. The fourth-order valence-corrected chi connectivity index (χ4v) is 3.40. The smallest absolute Gasteiger partial charge is 0.228 e. The highest BCUT2D eigenvalue weighted by atomic mass is 32.1. The van der Waals surface area contributed by atoms with Gasteiger partial charge in [-0.15, -0.1) is 0 Å². The number of rotatable bonds is 5. The van der Waals surface area contributed by atoms with Gasteiger partial charge in [0, 0.05) is 6.92 Å². The molecular formula is C18H16FN3O2S. The van der Waals surface area contributed by atoms with Gasteiger partial charge in [-0.25, -0.2) is 9.37 Å². The lowest BCUT2D eigenvalue weighted by Crippen LogP contribution is -2.29. The lowest BCUT2D eigenvalue weighted by atomic mass is 10.0. The van der Waals surface area contributed by atoms with Gasteiger partial charge < -0.3 is 10.6 Å². The number of hydrogen-bond donors (Lipinski definition) is 2. The van der Waals surface area contributed by atoms with E-state index in [1.807, 2.05) is 30.3 Å². The monoisotopic (exact) mass is 357 g/mol. The van der Waals surface area contributed by atoms with Crippen molar-refractivity contribution < 1.29 is 14.0 Å². The Bertz CT molecular complexity index is 911. The summed E-state index contributed by atoms with van der Waals surface area (Å²) < 4.78 is 13.9. The van der Waals surface area contributed by atoms with Crippen LogP contribution in [0, 0.1) is 5.82 Å². The van der Waals surface area contributed by atoms with Crippen molar-refractivity contribution in [3.8, 4) is 0 Å². The van der Waals surface area contributed by atoms with Gasteiger partial charge in [-0.05, 0) is 23.8 Å². The SMILES string of the molecule is CC(=O)N[C@H](CC(=O)Nc1nc2ccc(F)cc2s1)c1ccccc1. The van der Waals surface area contributed by atoms with Gasteiger partial charge in [0.25, 0.3) is 0 Å². The Kier molecular flexibility index (Phi) is 5.04. The largest absolute Gasteiger partial charge is 0.349 e. The number of nitrogens with zero attached hydrogens (tertiary/aromatic N) is 1. The molecule has 128 valence electrons. The van der Waals surface area contributed by atoms with Gasteiger partial charge in [-0.3, -0.25) is 9.59 Å². The first-order chi connectivity index (χ1) is 12.0.